The molecule has 0 bridgehead atoms. The molecule has 0 heterocycles. The summed E-state index contributed by atoms with van der Waals surface area (Å²) in [7, 11) is 1.35. The molecule has 1 rings (SSSR count). The van der Waals surface area contributed by atoms with Gasteiger partial charge in [0.25, 0.3) is 9.05 Å². The lowest BCUT2D eigenvalue weighted by molar-refractivity contribution is 0.609. The molecule has 0 spiro atoms. The van der Waals surface area contributed by atoms with Crippen LogP contribution in [0.4, 0.5) is 5.69 Å². The molecule has 0 aromatic heterocycles. The molecule has 0 amide bonds. The van der Waals surface area contributed by atoms with Crippen molar-refractivity contribution in [3.8, 4) is 0 Å². The second-order valence-corrected chi connectivity index (χ2v) is 4.61. The zero-order valence-corrected chi connectivity index (χ0v) is 7.43. The van der Waals surface area contributed by atoms with Gasteiger partial charge in [-0.05, 0) is 12.1 Å². The van der Waals surface area contributed by atoms with E-state index in [4.69, 9.17) is 17.3 Å². The molecule has 0 unspecified atom stereocenters. The highest BCUT2D eigenvalue weighted by atomic mass is 35.7. The fraction of sp³-hybridized carbons (Fsp3) is 0. The topological polar surface area (TPSA) is 38.5 Å². The monoisotopic (exact) mass is 201 g/mol. The minimum absolute atomic E-state index is 0.0438. The van der Waals surface area contributed by atoms with Gasteiger partial charge in [0.2, 0.25) is 0 Å². The van der Waals surface area contributed by atoms with E-state index in [9.17, 15) is 8.42 Å². The first-order chi connectivity index (χ1) is 5.54. The summed E-state index contributed by atoms with van der Waals surface area (Å²) < 4.78 is 21.5. The van der Waals surface area contributed by atoms with Crippen LogP contribution in [-0.2, 0) is 9.05 Å². The molecule has 0 aliphatic rings. The molecule has 0 radical (unpaired) electrons. The summed E-state index contributed by atoms with van der Waals surface area (Å²) in [6.07, 6.45) is 0. The number of rotatable bonds is 1. The van der Waals surface area contributed by atoms with Crippen LogP contribution < -0.4 is 0 Å². The van der Waals surface area contributed by atoms with E-state index in [0.717, 1.165) is 0 Å². The average molecular weight is 202 g/mol. The predicted octanol–water partition coefficient (Wildman–Crippen LogP) is 2.16. The van der Waals surface area contributed by atoms with E-state index in [0.29, 0.717) is 0 Å². The Morgan fingerprint density at radius 3 is 2.58 bits per heavy atom. The summed E-state index contributed by atoms with van der Waals surface area (Å²) in [6, 6.07) is 5.56. The van der Waals surface area contributed by atoms with Crippen molar-refractivity contribution in [2.45, 2.75) is 4.90 Å². The first kappa shape index (κ1) is 9.04. The molecule has 1 aromatic carbocycles. The van der Waals surface area contributed by atoms with Crippen molar-refractivity contribution >= 4 is 25.4 Å². The van der Waals surface area contributed by atoms with Crippen LogP contribution in [0.25, 0.3) is 4.85 Å². The van der Waals surface area contributed by atoms with Crippen molar-refractivity contribution < 1.29 is 8.42 Å². The van der Waals surface area contributed by atoms with Gasteiger partial charge in [-0.2, -0.15) is 0 Å². The van der Waals surface area contributed by atoms with Gasteiger partial charge in [0.15, 0.2) is 5.69 Å². The van der Waals surface area contributed by atoms with Crippen molar-refractivity contribution in [2.75, 3.05) is 0 Å². The van der Waals surface area contributed by atoms with Crippen molar-refractivity contribution in [2.24, 2.45) is 0 Å². The zero-order valence-electron chi connectivity index (χ0n) is 5.86. The third kappa shape index (κ3) is 1.97. The van der Waals surface area contributed by atoms with Gasteiger partial charge in [0.1, 0.15) is 0 Å². The highest BCUT2D eigenvalue weighted by Crippen LogP contribution is 2.20. The maximum atomic E-state index is 10.8. The molecular formula is C7H4ClNO2S. The Kier molecular flexibility index (Phi) is 2.36. The van der Waals surface area contributed by atoms with E-state index in [1.807, 2.05) is 0 Å². The molecule has 0 N–H and O–H groups in total. The SMILES string of the molecule is [C-]#[N+]c1cccc(S(=O)(=O)Cl)c1. The standard InChI is InChI=1S/C7H4ClNO2S/c1-9-6-3-2-4-7(5-6)12(8,10)11/h2-5H. The third-order valence-corrected chi connectivity index (χ3v) is 2.58. The molecule has 0 aliphatic heterocycles. The normalized spacial score (nSPS) is 10.7. The van der Waals surface area contributed by atoms with Crippen LogP contribution in [-0.4, -0.2) is 8.42 Å². The second kappa shape index (κ2) is 3.13. The van der Waals surface area contributed by atoms with Crippen LogP contribution in [0.2, 0.25) is 0 Å². The predicted molar refractivity (Wildman–Crippen MR) is 45.7 cm³/mol. The van der Waals surface area contributed by atoms with Gasteiger partial charge in [-0.3, -0.25) is 0 Å². The lowest BCUT2D eigenvalue weighted by atomic mass is 10.3. The van der Waals surface area contributed by atoms with E-state index < -0.39 is 9.05 Å². The maximum absolute atomic E-state index is 10.8. The molecule has 1 aromatic rings. The van der Waals surface area contributed by atoms with Crippen molar-refractivity contribution in [3.63, 3.8) is 0 Å². The van der Waals surface area contributed by atoms with Crippen LogP contribution >= 0.6 is 10.7 Å². The Labute approximate surface area is 74.8 Å². The summed E-state index contributed by atoms with van der Waals surface area (Å²) in [6.45, 7) is 6.63. The third-order valence-electron chi connectivity index (χ3n) is 1.23. The Hall–Kier alpha value is -1.05. The van der Waals surface area contributed by atoms with Crippen LogP contribution in [0.15, 0.2) is 29.2 Å². The Bertz CT molecular complexity index is 433. The van der Waals surface area contributed by atoms with Crippen LogP contribution in [0.3, 0.4) is 0 Å². The quantitative estimate of drug-likeness (QED) is 0.516. The van der Waals surface area contributed by atoms with E-state index in [-0.39, 0.29) is 10.6 Å². The van der Waals surface area contributed by atoms with Gasteiger partial charge < -0.3 is 0 Å². The molecule has 12 heavy (non-hydrogen) atoms. The summed E-state index contributed by atoms with van der Waals surface area (Å²) in [4.78, 5) is 3.03. The molecular weight excluding hydrogens is 198 g/mol. The molecule has 0 saturated carbocycles. The van der Waals surface area contributed by atoms with Crippen molar-refractivity contribution in [1.82, 2.24) is 0 Å². The molecule has 3 nitrogen and oxygen atoms in total. The minimum atomic E-state index is -3.71. The number of halogens is 1. The van der Waals surface area contributed by atoms with Gasteiger partial charge in [-0.25, -0.2) is 13.3 Å². The van der Waals surface area contributed by atoms with Gasteiger partial charge in [-0.15, -0.1) is 0 Å². The lowest BCUT2D eigenvalue weighted by Gasteiger charge is -1.94. The van der Waals surface area contributed by atoms with Gasteiger partial charge in [0, 0.05) is 10.7 Å². The lowest BCUT2D eigenvalue weighted by Crippen LogP contribution is -1.88. The van der Waals surface area contributed by atoms with Crippen LogP contribution in [0.1, 0.15) is 0 Å². The fourth-order valence-electron chi connectivity index (χ4n) is 0.705. The Morgan fingerprint density at radius 1 is 1.42 bits per heavy atom. The molecule has 0 aliphatic carbocycles. The molecule has 62 valence electrons. The van der Waals surface area contributed by atoms with Crippen LogP contribution in [0, 0.1) is 6.57 Å². The zero-order chi connectivity index (χ0) is 9.19. The van der Waals surface area contributed by atoms with E-state index >= 15 is 0 Å². The molecule has 0 saturated heterocycles. The Balaban J connectivity index is 3.32. The number of hydrogen-bond donors (Lipinski definition) is 0. The van der Waals surface area contributed by atoms with Crippen molar-refractivity contribution in [3.05, 3.63) is 35.7 Å². The summed E-state index contributed by atoms with van der Waals surface area (Å²) in [5.74, 6) is 0. The molecule has 0 fully saturated rings. The van der Waals surface area contributed by atoms with Crippen LogP contribution in [0.5, 0.6) is 0 Å². The minimum Gasteiger partial charge on any atom is -0.238 e. The summed E-state index contributed by atoms with van der Waals surface area (Å²) >= 11 is 0. The van der Waals surface area contributed by atoms with E-state index in [2.05, 4.69) is 4.85 Å². The van der Waals surface area contributed by atoms with E-state index in [1.54, 1.807) is 0 Å². The number of nitrogens with zero attached hydrogens (tertiary/aromatic N) is 1. The molecule has 0 atom stereocenters. The first-order valence-corrected chi connectivity index (χ1v) is 5.27. The summed E-state index contributed by atoms with van der Waals surface area (Å²) in [5, 5.41) is 0. The largest absolute Gasteiger partial charge is 0.260 e. The highest BCUT2D eigenvalue weighted by molar-refractivity contribution is 8.13. The maximum Gasteiger partial charge on any atom is 0.260 e. The van der Waals surface area contributed by atoms with Gasteiger partial charge in [0.05, 0.1) is 11.5 Å². The van der Waals surface area contributed by atoms with Gasteiger partial charge in [-0.1, -0.05) is 12.1 Å². The smallest absolute Gasteiger partial charge is 0.238 e. The van der Waals surface area contributed by atoms with E-state index in [1.165, 1.54) is 24.3 Å². The average Bonchev–Trinajstić information content (AvgIpc) is 2.03. The highest BCUT2D eigenvalue weighted by Gasteiger charge is 2.08. The summed E-state index contributed by atoms with van der Waals surface area (Å²) in [5.41, 5.74) is 0.261. The second-order valence-electron chi connectivity index (χ2n) is 2.05. The number of benzene rings is 1. The Morgan fingerprint density at radius 2 is 2.08 bits per heavy atom. The molecule has 5 heteroatoms. The van der Waals surface area contributed by atoms with Gasteiger partial charge >= 0.3 is 0 Å². The first-order valence-electron chi connectivity index (χ1n) is 2.96. The van der Waals surface area contributed by atoms with Crippen molar-refractivity contribution in [1.29, 1.82) is 0 Å². The number of hydrogen-bond acceptors (Lipinski definition) is 2. The fourth-order valence-corrected chi connectivity index (χ4v) is 1.50.